The molecule has 2 fully saturated rings. The van der Waals surface area contributed by atoms with Crippen molar-refractivity contribution in [3.63, 3.8) is 0 Å². The van der Waals surface area contributed by atoms with E-state index in [-0.39, 0.29) is 18.3 Å². The van der Waals surface area contributed by atoms with Crippen LogP contribution >= 0.6 is 0 Å². The minimum atomic E-state index is -0.439. The zero-order chi connectivity index (χ0) is 13.3. The molecule has 2 saturated heterocycles. The van der Waals surface area contributed by atoms with Gasteiger partial charge in [0.05, 0.1) is 18.8 Å². The average molecular weight is 256 g/mol. The molecule has 18 heavy (non-hydrogen) atoms. The Morgan fingerprint density at radius 2 is 2.11 bits per heavy atom. The second-order valence-electron chi connectivity index (χ2n) is 6.26. The monoisotopic (exact) mass is 256 g/mol. The number of fused-ring (bicyclic) bond motifs is 1. The molecule has 0 radical (unpaired) electrons. The Balaban J connectivity index is 1.90. The lowest BCUT2D eigenvalue weighted by atomic mass is 9.94. The molecule has 0 saturated carbocycles. The Labute approximate surface area is 109 Å². The summed E-state index contributed by atoms with van der Waals surface area (Å²) in [5.74, 6) is 0.445. The van der Waals surface area contributed by atoms with Crippen LogP contribution in [0.5, 0.6) is 0 Å². The molecule has 0 spiro atoms. The number of rotatable bonds is 1. The maximum Gasteiger partial charge on any atom is 0.410 e. The molecule has 2 aliphatic rings. The normalized spacial score (nSPS) is 32.2. The summed E-state index contributed by atoms with van der Waals surface area (Å²) < 4.78 is 11.3. The van der Waals surface area contributed by atoms with Crippen LogP contribution in [0.25, 0.3) is 0 Å². The molecular formula is C13H24N2O3. The third-order valence-electron chi connectivity index (χ3n) is 3.52. The van der Waals surface area contributed by atoms with Gasteiger partial charge in [0.2, 0.25) is 0 Å². The number of hydrogen-bond donors (Lipinski definition) is 1. The van der Waals surface area contributed by atoms with E-state index in [9.17, 15) is 4.79 Å². The van der Waals surface area contributed by atoms with Crippen molar-refractivity contribution in [3.05, 3.63) is 0 Å². The zero-order valence-electron chi connectivity index (χ0n) is 11.5. The fourth-order valence-corrected chi connectivity index (χ4v) is 2.64. The average Bonchev–Trinajstić information content (AvgIpc) is 2.69. The summed E-state index contributed by atoms with van der Waals surface area (Å²) in [6.45, 7) is 7.60. The molecule has 0 bridgehead atoms. The minimum absolute atomic E-state index is 0.139. The third kappa shape index (κ3) is 3.14. The number of carbonyl (C=O) groups excluding carboxylic acids is 1. The van der Waals surface area contributed by atoms with Crippen LogP contribution in [0.15, 0.2) is 0 Å². The Morgan fingerprint density at radius 3 is 2.72 bits per heavy atom. The highest BCUT2D eigenvalue weighted by Gasteiger charge is 2.41. The van der Waals surface area contributed by atoms with E-state index in [0.717, 1.165) is 19.4 Å². The summed E-state index contributed by atoms with van der Waals surface area (Å²) in [7, 11) is 0. The van der Waals surface area contributed by atoms with Gasteiger partial charge in [0.15, 0.2) is 0 Å². The van der Waals surface area contributed by atoms with Gasteiger partial charge in [-0.1, -0.05) is 0 Å². The highest BCUT2D eigenvalue weighted by molar-refractivity contribution is 5.68. The Bertz CT molecular complexity index is 314. The number of nitrogens with two attached hydrogens (primary N) is 1. The number of likely N-dealkylation sites (tertiary alicyclic amines) is 1. The van der Waals surface area contributed by atoms with Crippen LogP contribution < -0.4 is 5.73 Å². The first-order valence-electron chi connectivity index (χ1n) is 6.72. The number of carbonyl (C=O) groups is 1. The smallest absolute Gasteiger partial charge is 0.410 e. The van der Waals surface area contributed by atoms with Gasteiger partial charge in [0.1, 0.15) is 5.60 Å². The van der Waals surface area contributed by atoms with E-state index >= 15 is 0 Å². The summed E-state index contributed by atoms with van der Waals surface area (Å²) in [6, 6.07) is 0. The summed E-state index contributed by atoms with van der Waals surface area (Å²) in [5.41, 5.74) is 5.19. The maximum absolute atomic E-state index is 12.0. The van der Waals surface area contributed by atoms with Gasteiger partial charge in [-0.3, -0.25) is 0 Å². The third-order valence-corrected chi connectivity index (χ3v) is 3.52. The van der Waals surface area contributed by atoms with Crippen LogP contribution in [0.1, 0.15) is 33.6 Å². The lowest BCUT2D eigenvalue weighted by molar-refractivity contribution is -0.0584. The number of amides is 1. The number of ether oxygens (including phenoxy) is 2. The van der Waals surface area contributed by atoms with Crippen molar-refractivity contribution in [3.8, 4) is 0 Å². The Hall–Kier alpha value is -0.810. The quantitative estimate of drug-likeness (QED) is 0.769. The molecule has 104 valence electrons. The Kier molecular flexibility index (Phi) is 3.82. The first-order chi connectivity index (χ1) is 8.39. The van der Waals surface area contributed by atoms with Crippen LogP contribution in [0.2, 0.25) is 0 Å². The highest BCUT2D eigenvalue weighted by Crippen LogP contribution is 2.31. The van der Waals surface area contributed by atoms with Gasteiger partial charge >= 0.3 is 6.09 Å². The van der Waals surface area contributed by atoms with Crippen molar-refractivity contribution in [2.24, 2.45) is 11.7 Å². The SMILES string of the molecule is CC(C)(C)OC(=O)N1C[C@H]2CC[C@H](CN)O[C@@H]2C1. The first-order valence-corrected chi connectivity index (χ1v) is 6.72. The van der Waals surface area contributed by atoms with E-state index in [1.165, 1.54) is 0 Å². The van der Waals surface area contributed by atoms with Crippen molar-refractivity contribution in [1.82, 2.24) is 4.90 Å². The molecule has 0 unspecified atom stereocenters. The van der Waals surface area contributed by atoms with Gasteiger partial charge in [0.25, 0.3) is 0 Å². The fourth-order valence-electron chi connectivity index (χ4n) is 2.64. The van der Waals surface area contributed by atoms with Crippen molar-refractivity contribution in [2.75, 3.05) is 19.6 Å². The van der Waals surface area contributed by atoms with Crippen LogP contribution in [0.4, 0.5) is 4.79 Å². The summed E-state index contributed by atoms with van der Waals surface area (Å²) in [6.07, 6.45) is 2.15. The lowest BCUT2D eigenvalue weighted by Gasteiger charge is -2.30. The van der Waals surface area contributed by atoms with Gasteiger partial charge in [-0.2, -0.15) is 0 Å². The van der Waals surface area contributed by atoms with Gasteiger partial charge in [-0.05, 0) is 33.6 Å². The van der Waals surface area contributed by atoms with E-state index in [1.54, 1.807) is 4.90 Å². The fraction of sp³-hybridized carbons (Fsp3) is 0.923. The number of nitrogens with zero attached hydrogens (tertiary/aromatic N) is 1. The van der Waals surface area contributed by atoms with Crippen LogP contribution in [0, 0.1) is 5.92 Å². The minimum Gasteiger partial charge on any atom is -0.444 e. The molecule has 2 heterocycles. The van der Waals surface area contributed by atoms with Gasteiger partial charge in [-0.15, -0.1) is 0 Å². The van der Waals surface area contributed by atoms with Crippen molar-refractivity contribution >= 4 is 6.09 Å². The topological polar surface area (TPSA) is 64.8 Å². The number of hydrogen-bond acceptors (Lipinski definition) is 4. The largest absolute Gasteiger partial charge is 0.444 e. The molecule has 5 nitrogen and oxygen atoms in total. The van der Waals surface area contributed by atoms with Crippen LogP contribution in [0.3, 0.4) is 0 Å². The second kappa shape index (κ2) is 5.05. The molecule has 5 heteroatoms. The summed E-state index contributed by atoms with van der Waals surface area (Å²) in [4.78, 5) is 13.7. The van der Waals surface area contributed by atoms with Crippen molar-refractivity contribution in [2.45, 2.75) is 51.4 Å². The molecule has 2 aliphatic heterocycles. The zero-order valence-corrected chi connectivity index (χ0v) is 11.5. The van der Waals surface area contributed by atoms with Gasteiger partial charge < -0.3 is 20.1 Å². The first kappa shape index (κ1) is 13.6. The molecule has 2 rings (SSSR count). The van der Waals surface area contributed by atoms with Crippen LogP contribution in [-0.4, -0.2) is 48.4 Å². The predicted octanol–water partition coefficient (Wildman–Crippen LogP) is 1.36. The van der Waals surface area contributed by atoms with E-state index in [2.05, 4.69) is 0 Å². The van der Waals surface area contributed by atoms with E-state index in [0.29, 0.717) is 19.0 Å². The van der Waals surface area contributed by atoms with Gasteiger partial charge in [-0.25, -0.2) is 4.79 Å². The lowest BCUT2D eigenvalue weighted by Crippen LogP contribution is -2.38. The van der Waals surface area contributed by atoms with E-state index < -0.39 is 5.60 Å². The standard InChI is InChI=1S/C13H24N2O3/c1-13(2,3)18-12(16)15-7-9-4-5-10(6-14)17-11(9)8-15/h9-11H,4-8,14H2,1-3H3/t9-,10-,11-/m1/s1. The molecule has 3 atom stereocenters. The molecule has 0 aliphatic carbocycles. The summed E-state index contributed by atoms with van der Waals surface area (Å²) in [5, 5.41) is 0. The second-order valence-corrected chi connectivity index (χ2v) is 6.26. The van der Waals surface area contributed by atoms with E-state index in [1.807, 2.05) is 20.8 Å². The molecule has 2 N–H and O–H groups in total. The molecule has 1 amide bonds. The summed E-state index contributed by atoms with van der Waals surface area (Å²) >= 11 is 0. The molecule has 0 aromatic carbocycles. The highest BCUT2D eigenvalue weighted by atomic mass is 16.6. The van der Waals surface area contributed by atoms with E-state index in [4.69, 9.17) is 15.2 Å². The van der Waals surface area contributed by atoms with Crippen molar-refractivity contribution < 1.29 is 14.3 Å². The molecule has 0 aromatic rings. The van der Waals surface area contributed by atoms with Crippen LogP contribution in [-0.2, 0) is 9.47 Å². The van der Waals surface area contributed by atoms with Gasteiger partial charge in [0, 0.05) is 19.0 Å². The molecule has 0 aromatic heterocycles. The van der Waals surface area contributed by atoms with Crippen molar-refractivity contribution in [1.29, 1.82) is 0 Å². The predicted molar refractivity (Wildman–Crippen MR) is 68.2 cm³/mol. The Morgan fingerprint density at radius 1 is 1.39 bits per heavy atom. The molecular weight excluding hydrogens is 232 g/mol. The maximum atomic E-state index is 12.0.